The van der Waals surface area contributed by atoms with E-state index in [0.717, 1.165) is 0 Å². The molecule has 0 radical (unpaired) electrons. The highest BCUT2D eigenvalue weighted by Crippen LogP contribution is 2.14. The zero-order valence-corrected chi connectivity index (χ0v) is 10.3. The van der Waals surface area contributed by atoms with E-state index in [0.29, 0.717) is 12.2 Å². The van der Waals surface area contributed by atoms with Gasteiger partial charge in [-0.1, -0.05) is 18.2 Å². The van der Waals surface area contributed by atoms with Crippen LogP contribution < -0.4 is 4.72 Å². The topological polar surface area (TPSA) is 84.2 Å². The second-order valence-electron chi connectivity index (χ2n) is 3.63. The normalized spacial score (nSPS) is 11.4. The minimum absolute atomic E-state index is 0.0491. The molecule has 0 spiro atoms. The lowest BCUT2D eigenvalue weighted by Crippen LogP contribution is -2.12. The van der Waals surface area contributed by atoms with Gasteiger partial charge < -0.3 is 5.11 Å². The average molecular weight is 267 g/mol. The van der Waals surface area contributed by atoms with Gasteiger partial charge in [-0.25, -0.2) is 8.42 Å². The molecule has 2 rings (SSSR count). The maximum atomic E-state index is 12.0. The fourth-order valence-corrected chi connectivity index (χ4v) is 2.50. The van der Waals surface area contributed by atoms with Crippen LogP contribution in [0.4, 0.5) is 5.69 Å². The Bertz CT molecular complexity index is 607. The monoisotopic (exact) mass is 267 g/mol. The van der Waals surface area contributed by atoms with Crippen molar-refractivity contribution in [3.8, 4) is 0 Å². The molecule has 1 aromatic heterocycles. The summed E-state index contributed by atoms with van der Waals surface area (Å²) in [4.78, 5) is 0.194. The molecular weight excluding hydrogens is 254 g/mol. The van der Waals surface area contributed by atoms with Crippen molar-refractivity contribution < 1.29 is 13.5 Å². The number of benzene rings is 1. The maximum Gasteiger partial charge on any atom is 0.261 e. The van der Waals surface area contributed by atoms with Gasteiger partial charge in [-0.2, -0.15) is 5.10 Å². The second kappa shape index (κ2) is 5.19. The van der Waals surface area contributed by atoms with Crippen molar-refractivity contribution in [2.45, 2.75) is 11.4 Å². The van der Waals surface area contributed by atoms with Gasteiger partial charge >= 0.3 is 0 Å². The molecule has 2 N–H and O–H groups in total. The number of aliphatic hydroxyl groups is 1. The first-order chi connectivity index (χ1) is 8.62. The SMILES string of the molecule is O=S(=O)(Nc1cnn(CCO)c1)c1ccccc1. The fraction of sp³-hybridized carbons (Fsp3) is 0.182. The van der Waals surface area contributed by atoms with Crippen LogP contribution in [0.2, 0.25) is 0 Å². The molecule has 0 fully saturated rings. The van der Waals surface area contributed by atoms with Crippen LogP contribution in [0, 0.1) is 0 Å². The van der Waals surface area contributed by atoms with E-state index in [9.17, 15) is 8.42 Å². The van der Waals surface area contributed by atoms with E-state index in [4.69, 9.17) is 5.11 Å². The van der Waals surface area contributed by atoms with Gasteiger partial charge in [0.25, 0.3) is 10.0 Å². The minimum atomic E-state index is -3.58. The molecule has 0 atom stereocenters. The molecule has 0 unspecified atom stereocenters. The van der Waals surface area contributed by atoms with Crippen molar-refractivity contribution in [3.05, 3.63) is 42.7 Å². The summed E-state index contributed by atoms with van der Waals surface area (Å²) >= 11 is 0. The number of anilines is 1. The highest BCUT2D eigenvalue weighted by molar-refractivity contribution is 7.92. The molecule has 1 aromatic carbocycles. The predicted octanol–water partition coefficient (Wildman–Crippen LogP) is 0.676. The van der Waals surface area contributed by atoms with Crippen LogP contribution in [-0.4, -0.2) is 29.9 Å². The van der Waals surface area contributed by atoms with Crippen LogP contribution in [0.15, 0.2) is 47.6 Å². The molecule has 96 valence electrons. The van der Waals surface area contributed by atoms with Crippen molar-refractivity contribution in [3.63, 3.8) is 0 Å². The van der Waals surface area contributed by atoms with Gasteiger partial charge in [0.15, 0.2) is 0 Å². The van der Waals surface area contributed by atoms with Crippen LogP contribution in [0.25, 0.3) is 0 Å². The van der Waals surface area contributed by atoms with Gasteiger partial charge in [-0.15, -0.1) is 0 Å². The molecule has 0 bridgehead atoms. The third-order valence-corrected chi connectivity index (χ3v) is 3.67. The molecule has 0 saturated carbocycles. The lowest BCUT2D eigenvalue weighted by Gasteiger charge is -2.05. The average Bonchev–Trinajstić information content (AvgIpc) is 2.77. The summed E-state index contributed by atoms with van der Waals surface area (Å²) in [6.45, 7) is 0.277. The summed E-state index contributed by atoms with van der Waals surface area (Å²) < 4.78 is 27.8. The molecule has 0 aliphatic carbocycles. The number of rotatable bonds is 5. The van der Waals surface area contributed by atoms with Gasteiger partial charge in [0.1, 0.15) is 0 Å². The summed E-state index contributed by atoms with van der Waals surface area (Å²) in [7, 11) is -3.58. The Morgan fingerprint density at radius 2 is 2.00 bits per heavy atom. The van der Waals surface area contributed by atoms with E-state index in [2.05, 4.69) is 9.82 Å². The maximum absolute atomic E-state index is 12.0. The predicted molar refractivity (Wildman–Crippen MR) is 66.6 cm³/mol. The third-order valence-electron chi connectivity index (χ3n) is 2.27. The van der Waals surface area contributed by atoms with Crippen molar-refractivity contribution in [1.29, 1.82) is 0 Å². The van der Waals surface area contributed by atoms with Crippen molar-refractivity contribution in [2.24, 2.45) is 0 Å². The Kier molecular flexibility index (Phi) is 3.63. The summed E-state index contributed by atoms with van der Waals surface area (Å²) in [6.07, 6.45) is 2.92. The molecule has 0 aliphatic heterocycles. The number of nitrogens with zero attached hydrogens (tertiary/aromatic N) is 2. The van der Waals surface area contributed by atoms with Crippen LogP contribution in [0.1, 0.15) is 0 Å². The van der Waals surface area contributed by atoms with E-state index in [1.165, 1.54) is 29.2 Å². The highest BCUT2D eigenvalue weighted by Gasteiger charge is 2.14. The van der Waals surface area contributed by atoms with Crippen molar-refractivity contribution >= 4 is 15.7 Å². The lowest BCUT2D eigenvalue weighted by molar-refractivity contribution is 0.269. The largest absolute Gasteiger partial charge is 0.394 e. The number of aliphatic hydroxyl groups excluding tert-OH is 1. The van der Waals surface area contributed by atoms with Crippen LogP contribution >= 0.6 is 0 Å². The van der Waals surface area contributed by atoms with E-state index < -0.39 is 10.0 Å². The van der Waals surface area contributed by atoms with Gasteiger partial charge in [-0.05, 0) is 12.1 Å². The van der Waals surface area contributed by atoms with E-state index in [1.807, 2.05) is 0 Å². The number of nitrogens with one attached hydrogen (secondary N) is 1. The molecule has 1 heterocycles. The Labute approximate surface area is 105 Å². The van der Waals surface area contributed by atoms with Gasteiger partial charge in [0, 0.05) is 6.20 Å². The summed E-state index contributed by atoms with van der Waals surface area (Å²) in [5.74, 6) is 0. The Morgan fingerprint density at radius 3 is 2.67 bits per heavy atom. The number of hydrogen-bond donors (Lipinski definition) is 2. The summed E-state index contributed by atoms with van der Waals surface area (Å²) in [6, 6.07) is 8.09. The molecular formula is C11H13N3O3S. The highest BCUT2D eigenvalue weighted by atomic mass is 32.2. The molecule has 0 saturated heterocycles. The second-order valence-corrected chi connectivity index (χ2v) is 5.32. The first kappa shape index (κ1) is 12.6. The Hall–Kier alpha value is -1.86. The third kappa shape index (κ3) is 2.88. The molecule has 6 nitrogen and oxygen atoms in total. The number of aromatic nitrogens is 2. The van der Waals surface area contributed by atoms with Crippen LogP contribution in [0.5, 0.6) is 0 Å². The smallest absolute Gasteiger partial charge is 0.261 e. The van der Waals surface area contributed by atoms with Gasteiger partial charge in [0.2, 0.25) is 0 Å². The van der Waals surface area contributed by atoms with Crippen molar-refractivity contribution in [1.82, 2.24) is 9.78 Å². The number of sulfonamides is 1. The van der Waals surface area contributed by atoms with Crippen molar-refractivity contribution in [2.75, 3.05) is 11.3 Å². The first-order valence-electron chi connectivity index (χ1n) is 5.33. The summed E-state index contributed by atoms with van der Waals surface area (Å²) in [5.41, 5.74) is 0.368. The first-order valence-corrected chi connectivity index (χ1v) is 6.81. The number of hydrogen-bond acceptors (Lipinski definition) is 4. The molecule has 0 aliphatic rings. The van der Waals surface area contributed by atoms with E-state index in [1.54, 1.807) is 18.2 Å². The zero-order valence-electron chi connectivity index (χ0n) is 9.52. The zero-order chi connectivity index (χ0) is 13.0. The quantitative estimate of drug-likeness (QED) is 0.834. The van der Waals surface area contributed by atoms with Gasteiger partial charge in [0.05, 0.1) is 29.9 Å². The van der Waals surface area contributed by atoms with Crippen LogP contribution in [-0.2, 0) is 16.6 Å². The van der Waals surface area contributed by atoms with Crippen LogP contribution in [0.3, 0.4) is 0 Å². The standard InChI is InChI=1S/C11H13N3O3S/c15-7-6-14-9-10(8-12-14)13-18(16,17)11-4-2-1-3-5-11/h1-5,8-9,13,15H,6-7H2. The van der Waals surface area contributed by atoms with E-state index >= 15 is 0 Å². The Balaban J connectivity index is 2.17. The van der Waals surface area contributed by atoms with E-state index in [-0.39, 0.29) is 11.5 Å². The molecule has 7 heteroatoms. The fourth-order valence-electron chi connectivity index (χ4n) is 1.45. The summed E-state index contributed by atoms with van der Waals surface area (Å²) in [5, 5.41) is 12.7. The minimum Gasteiger partial charge on any atom is -0.394 e. The van der Waals surface area contributed by atoms with Gasteiger partial charge in [-0.3, -0.25) is 9.40 Å². The Morgan fingerprint density at radius 1 is 1.28 bits per heavy atom. The lowest BCUT2D eigenvalue weighted by atomic mass is 10.4. The molecule has 2 aromatic rings. The molecule has 18 heavy (non-hydrogen) atoms. The molecule has 0 amide bonds.